The Hall–Kier alpha value is -0.730. The quantitative estimate of drug-likeness (QED) is 0.794. The van der Waals surface area contributed by atoms with E-state index >= 15 is 0 Å². The van der Waals surface area contributed by atoms with Gasteiger partial charge in [0.05, 0.1) is 0 Å². The first-order chi connectivity index (χ1) is 6.29. The molecule has 1 rings (SSSR count). The molecule has 1 aromatic rings. The van der Waals surface area contributed by atoms with Crippen molar-refractivity contribution in [1.82, 2.24) is 0 Å². The molecular formula is C11H16ClNO. The summed E-state index contributed by atoms with van der Waals surface area (Å²) in [7, 11) is 0. The third kappa shape index (κ3) is 2.89. The molecule has 0 unspecified atom stereocenters. The number of hydrogen-bond acceptors (Lipinski definition) is 2. The minimum Gasteiger partial charge on any atom is -0.508 e. The minimum atomic E-state index is -0.337. The van der Waals surface area contributed by atoms with Gasteiger partial charge in [0.2, 0.25) is 0 Å². The molecule has 1 aromatic carbocycles. The largest absolute Gasteiger partial charge is 0.508 e. The lowest BCUT2D eigenvalue weighted by molar-refractivity contribution is 0.449. The predicted octanol–water partition coefficient (Wildman–Crippen LogP) is 2.63. The maximum atomic E-state index is 9.66. The molecule has 0 atom stereocenters. The molecule has 0 fully saturated rings. The molecule has 2 nitrogen and oxygen atoms in total. The summed E-state index contributed by atoms with van der Waals surface area (Å²) in [5, 5.41) is 10.3. The molecule has 0 aromatic heterocycles. The number of nitrogens with two attached hydrogens (primary N) is 1. The van der Waals surface area contributed by atoms with Gasteiger partial charge in [-0.25, -0.2) is 0 Å². The first-order valence-electron chi connectivity index (χ1n) is 4.56. The van der Waals surface area contributed by atoms with Crippen molar-refractivity contribution < 1.29 is 5.11 Å². The molecule has 0 radical (unpaired) electrons. The summed E-state index contributed by atoms with van der Waals surface area (Å²) in [6.07, 6.45) is 0.610. The summed E-state index contributed by atoms with van der Waals surface area (Å²) in [5.41, 5.74) is 7.21. The van der Waals surface area contributed by atoms with Crippen LogP contribution < -0.4 is 5.73 Å². The number of aromatic hydroxyl groups is 1. The number of phenols is 1. The van der Waals surface area contributed by atoms with Crippen LogP contribution >= 0.6 is 11.6 Å². The van der Waals surface area contributed by atoms with E-state index in [1.165, 1.54) is 0 Å². The van der Waals surface area contributed by atoms with Crippen LogP contribution in [-0.2, 0) is 6.42 Å². The molecule has 3 heteroatoms. The van der Waals surface area contributed by atoms with Gasteiger partial charge >= 0.3 is 0 Å². The summed E-state index contributed by atoms with van der Waals surface area (Å²) in [6, 6.07) is 3.45. The molecule has 0 heterocycles. The van der Waals surface area contributed by atoms with E-state index in [-0.39, 0.29) is 11.3 Å². The van der Waals surface area contributed by atoms with E-state index in [1.807, 2.05) is 20.8 Å². The summed E-state index contributed by atoms with van der Waals surface area (Å²) in [4.78, 5) is 0. The standard InChI is InChI=1S/C11H16ClNO/c1-7-4-10(14)8(5-9(7)12)6-11(2,3)13/h4-5,14H,6,13H2,1-3H3. The first-order valence-corrected chi connectivity index (χ1v) is 4.94. The van der Waals surface area contributed by atoms with Gasteiger partial charge in [-0.3, -0.25) is 0 Å². The number of hydrogen-bond donors (Lipinski definition) is 2. The second-order valence-corrected chi connectivity index (χ2v) is 4.80. The number of rotatable bonds is 2. The molecule has 0 amide bonds. The smallest absolute Gasteiger partial charge is 0.119 e. The van der Waals surface area contributed by atoms with Gasteiger partial charge in [-0.15, -0.1) is 0 Å². The Balaban J connectivity index is 3.04. The first kappa shape index (κ1) is 11.3. The lowest BCUT2D eigenvalue weighted by atomic mass is 9.95. The molecule has 0 aliphatic heterocycles. The van der Waals surface area contributed by atoms with Crippen LogP contribution in [0.5, 0.6) is 5.75 Å². The zero-order valence-corrected chi connectivity index (χ0v) is 9.52. The molecule has 0 aliphatic rings. The van der Waals surface area contributed by atoms with Crippen LogP contribution in [0.2, 0.25) is 5.02 Å². The van der Waals surface area contributed by atoms with Crippen molar-refractivity contribution in [3.05, 3.63) is 28.3 Å². The van der Waals surface area contributed by atoms with Gasteiger partial charge < -0.3 is 10.8 Å². The molecule has 14 heavy (non-hydrogen) atoms. The van der Waals surface area contributed by atoms with Gasteiger partial charge in [-0.05, 0) is 50.5 Å². The highest BCUT2D eigenvalue weighted by molar-refractivity contribution is 6.31. The van der Waals surface area contributed by atoms with E-state index in [4.69, 9.17) is 17.3 Å². The van der Waals surface area contributed by atoms with Crippen LogP contribution in [0, 0.1) is 6.92 Å². The van der Waals surface area contributed by atoms with Gasteiger partial charge in [0.1, 0.15) is 5.75 Å². The number of benzene rings is 1. The van der Waals surface area contributed by atoms with Crippen molar-refractivity contribution in [3.63, 3.8) is 0 Å². The fourth-order valence-corrected chi connectivity index (χ4v) is 1.53. The lowest BCUT2D eigenvalue weighted by Crippen LogP contribution is -2.34. The third-order valence-electron chi connectivity index (χ3n) is 2.01. The Bertz CT molecular complexity index is 342. The van der Waals surface area contributed by atoms with Crippen molar-refractivity contribution in [3.8, 4) is 5.75 Å². The van der Waals surface area contributed by atoms with Crippen LogP contribution in [0.4, 0.5) is 0 Å². The monoisotopic (exact) mass is 213 g/mol. The topological polar surface area (TPSA) is 46.2 Å². The van der Waals surface area contributed by atoms with Crippen molar-refractivity contribution in [2.24, 2.45) is 5.73 Å². The third-order valence-corrected chi connectivity index (χ3v) is 2.41. The molecule has 78 valence electrons. The Kier molecular flexibility index (Phi) is 3.07. The van der Waals surface area contributed by atoms with Gasteiger partial charge in [0.15, 0.2) is 0 Å². The number of phenolic OH excluding ortho intramolecular Hbond substituents is 1. The second-order valence-electron chi connectivity index (χ2n) is 4.40. The molecule has 0 aliphatic carbocycles. The van der Waals surface area contributed by atoms with Gasteiger partial charge in [0, 0.05) is 10.6 Å². The minimum absolute atomic E-state index is 0.269. The van der Waals surface area contributed by atoms with Crippen molar-refractivity contribution in [1.29, 1.82) is 0 Å². The van der Waals surface area contributed by atoms with Crippen LogP contribution in [0.15, 0.2) is 12.1 Å². The zero-order chi connectivity index (χ0) is 10.9. The zero-order valence-electron chi connectivity index (χ0n) is 8.76. The summed E-state index contributed by atoms with van der Waals surface area (Å²) in [5.74, 6) is 0.269. The summed E-state index contributed by atoms with van der Waals surface area (Å²) >= 11 is 5.96. The average molecular weight is 214 g/mol. The van der Waals surface area contributed by atoms with Crippen LogP contribution in [0.3, 0.4) is 0 Å². The molecular weight excluding hydrogens is 198 g/mol. The Morgan fingerprint density at radius 2 is 2.00 bits per heavy atom. The van der Waals surface area contributed by atoms with Crippen molar-refractivity contribution >= 4 is 11.6 Å². The average Bonchev–Trinajstić information content (AvgIpc) is 1.97. The van der Waals surface area contributed by atoms with E-state index in [2.05, 4.69) is 0 Å². The Morgan fingerprint density at radius 1 is 1.43 bits per heavy atom. The lowest BCUT2D eigenvalue weighted by Gasteiger charge is -2.19. The van der Waals surface area contributed by atoms with Crippen LogP contribution in [-0.4, -0.2) is 10.6 Å². The van der Waals surface area contributed by atoms with Crippen molar-refractivity contribution in [2.45, 2.75) is 32.7 Å². The predicted molar refractivity (Wildman–Crippen MR) is 59.8 cm³/mol. The SMILES string of the molecule is Cc1cc(O)c(CC(C)(C)N)cc1Cl. The van der Waals surface area contributed by atoms with Crippen LogP contribution in [0.1, 0.15) is 25.0 Å². The Labute approximate surface area is 89.7 Å². The molecule has 0 saturated heterocycles. The molecule has 0 saturated carbocycles. The molecule has 0 spiro atoms. The summed E-state index contributed by atoms with van der Waals surface area (Å²) < 4.78 is 0. The normalized spacial score (nSPS) is 11.8. The van der Waals surface area contributed by atoms with E-state index in [9.17, 15) is 5.11 Å². The fraction of sp³-hybridized carbons (Fsp3) is 0.455. The van der Waals surface area contributed by atoms with E-state index in [0.717, 1.165) is 11.1 Å². The number of halogens is 1. The van der Waals surface area contributed by atoms with Crippen molar-refractivity contribution in [2.75, 3.05) is 0 Å². The highest BCUT2D eigenvalue weighted by Gasteiger charge is 2.15. The molecule has 3 N–H and O–H groups in total. The van der Waals surface area contributed by atoms with Gasteiger partial charge in [0.25, 0.3) is 0 Å². The second kappa shape index (κ2) is 3.79. The van der Waals surface area contributed by atoms with Gasteiger partial charge in [-0.1, -0.05) is 11.6 Å². The molecule has 0 bridgehead atoms. The fourth-order valence-electron chi connectivity index (χ4n) is 1.34. The maximum Gasteiger partial charge on any atom is 0.119 e. The van der Waals surface area contributed by atoms with E-state index in [1.54, 1.807) is 12.1 Å². The summed E-state index contributed by atoms with van der Waals surface area (Å²) in [6.45, 7) is 5.69. The van der Waals surface area contributed by atoms with E-state index < -0.39 is 0 Å². The van der Waals surface area contributed by atoms with Gasteiger partial charge in [-0.2, -0.15) is 0 Å². The maximum absolute atomic E-state index is 9.66. The highest BCUT2D eigenvalue weighted by atomic mass is 35.5. The Morgan fingerprint density at radius 3 is 2.50 bits per heavy atom. The highest BCUT2D eigenvalue weighted by Crippen LogP contribution is 2.27. The number of aryl methyl sites for hydroxylation is 1. The van der Waals surface area contributed by atoms with Crippen LogP contribution in [0.25, 0.3) is 0 Å². The van der Waals surface area contributed by atoms with E-state index in [0.29, 0.717) is 11.4 Å².